The standard InChI is InChI=1S/C23H21N3O2S/c24-22-10-4-6-16-11-12-17(14-20(16)22)21-15-26(23-19(21)9-5-13-25-23)29(27,28)18-7-2-1-3-8-18/h1-3,5,7-9,11-15,22H,4,6,10,24H2. The van der Waals surface area contributed by atoms with Crippen LogP contribution in [0, 0.1) is 0 Å². The molecule has 146 valence electrons. The van der Waals surface area contributed by atoms with Crippen molar-refractivity contribution in [2.24, 2.45) is 5.73 Å². The summed E-state index contributed by atoms with van der Waals surface area (Å²) < 4.78 is 27.8. The third-order valence-electron chi connectivity index (χ3n) is 5.65. The molecule has 0 aliphatic heterocycles. The third-order valence-corrected chi connectivity index (χ3v) is 7.31. The Balaban J connectivity index is 1.73. The number of pyridine rings is 1. The molecule has 0 spiro atoms. The highest BCUT2D eigenvalue weighted by Gasteiger charge is 2.23. The van der Waals surface area contributed by atoms with Crippen molar-refractivity contribution in [3.05, 3.63) is 84.2 Å². The molecule has 2 aromatic carbocycles. The van der Waals surface area contributed by atoms with E-state index in [-0.39, 0.29) is 10.9 Å². The summed E-state index contributed by atoms with van der Waals surface area (Å²) in [5.41, 5.74) is 11.0. The van der Waals surface area contributed by atoms with Gasteiger partial charge in [-0.25, -0.2) is 17.4 Å². The Morgan fingerprint density at radius 1 is 1.03 bits per heavy atom. The number of aryl methyl sites for hydroxylation is 1. The predicted molar refractivity (Wildman–Crippen MR) is 114 cm³/mol. The number of nitrogens with zero attached hydrogens (tertiary/aromatic N) is 2. The molecule has 1 aliphatic carbocycles. The first-order valence-electron chi connectivity index (χ1n) is 9.71. The van der Waals surface area contributed by atoms with Crippen molar-refractivity contribution in [2.75, 3.05) is 0 Å². The van der Waals surface area contributed by atoms with E-state index in [1.165, 1.54) is 9.54 Å². The van der Waals surface area contributed by atoms with E-state index in [0.29, 0.717) is 5.65 Å². The first-order chi connectivity index (χ1) is 14.1. The molecule has 2 heterocycles. The predicted octanol–water partition coefficient (Wildman–Crippen LogP) is 4.28. The van der Waals surface area contributed by atoms with Crippen molar-refractivity contribution in [2.45, 2.75) is 30.2 Å². The normalized spacial score (nSPS) is 16.7. The van der Waals surface area contributed by atoms with E-state index in [9.17, 15) is 8.42 Å². The van der Waals surface area contributed by atoms with Gasteiger partial charge in [0.2, 0.25) is 0 Å². The van der Waals surface area contributed by atoms with Crippen molar-refractivity contribution < 1.29 is 8.42 Å². The summed E-state index contributed by atoms with van der Waals surface area (Å²) >= 11 is 0. The van der Waals surface area contributed by atoms with E-state index >= 15 is 0 Å². The maximum Gasteiger partial charge on any atom is 0.269 e. The van der Waals surface area contributed by atoms with Crippen LogP contribution >= 0.6 is 0 Å². The van der Waals surface area contributed by atoms with Gasteiger partial charge in [0.15, 0.2) is 5.65 Å². The highest BCUT2D eigenvalue weighted by molar-refractivity contribution is 7.90. The molecule has 1 unspecified atom stereocenters. The maximum atomic E-state index is 13.3. The van der Waals surface area contributed by atoms with Gasteiger partial charge >= 0.3 is 0 Å². The fraction of sp³-hybridized carbons (Fsp3) is 0.174. The van der Waals surface area contributed by atoms with Gasteiger partial charge in [0.1, 0.15) is 0 Å². The summed E-state index contributed by atoms with van der Waals surface area (Å²) in [6.07, 6.45) is 6.41. The Hall–Kier alpha value is -2.96. The van der Waals surface area contributed by atoms with Crippen molar-refractivity contribution >= 4 is 21.1 Å². The first-order valence-corrected chi connectivity index (χ1v) is 11.2. The fourth-order valence-corrected chi connectivity index (χ4v) is 5.50. The zero-order valence-electron chi connectivity index (χ0n) is 15.8. The summed E-state index contributed by atoms with van der Waals surface area (Å²) in [6, 6.07) is 18.5. The SMILES string of the molecule is NC1CCCc2ccc(-c3cn(S(=O)(=O)c4ccccc4)c4ncccc34)cc21. The van der Waals surface area contributed by atoms with E-state index < -0.39 is 10.0 Å². The molecular formula is C23H21N3O2S. The molecule has 0 amide bonds. The summed E-state index contributed by atoms with van der Waals surface area (Å²) in [7, 11) is -3.75. The lowest BCUT2D eigenvalue weighted by Gasteiger charge is -2.22. The van der Waals surface area contributed by atoms with Crippen LogP contribution < -0.4 is 5.73 Å². The molecule has 0 saturated carbocycles. The molecule has 1 aliphatic rings. The van der Waals surface area contributed by atoms with Crippen molar-refractivity contribution in [1.29, 1.82) is 0 Å². The molecule has 29 heavy (non-hydrogen) atoms. The first kappa shape index (κ1) is 18.1. The quantitative estimate of drug-likeness (QED) is 0.554. The summed E-state index contributed by atoms with van der Waals surface area (Å²) in [5, 5.41) is 0.802. The molecule has 5 nitrogen and oxygen atoms in total. The van der Waals surface area contributed by atoms with Gasteiger partial charge in [0.25, 0.3) is 10.0 Å². The number of benzene rings is 2. The number of hydrogen-bond acceptors (Lipinski definition) is 4. The third kappa shape index (κ3) is 2.96. The van der Waals surface area contributed by atoms with E-state index in [2.05, 4.69) is 23.2 Å². The van der Waals surface area contributed by atoms with Gasteiger partial charge in [-0.1, -0.05) is 30.3 Å². The van der Waals surface area contributed by atoms with Crippen LogP contribution in [0.1, 0.15) is 30.0 Å². The zero-order valence-corrected chi connectivity index (χ0v) is 16.6. The van der Waals surface area contributed by atoms with Gasteiger partial charge in [-0.15, -0.1) is 0 Å². The Kier molecular flexibility index (Phi) is 4.26. The molecule has 6 heteroatoms. The lowest BCUT2D eigenvalue weighted by molar-refractivity contribution is 0.571. The fourth-order valence-electron chi connectivity index (χ4n) is 4.15. The topological polar surface area (TPSA) is 78.0 Å². The van der Waals surface area contributed by atoms with E-state index in [0.717, 1.165) is 41.3 Å². The molecule has 0 radical (unpaired) electrons. The number of nitrogens with two attached hydrogens (primary N) is 1. The second-order valence-corrected chi connectivity index (χ2v) is 9.26. The van der Waals surface area contributed by atoms with Crippen LogP contribution in [0.25, 0.3) is 22.2 Å². The molecule has 1 atom stereocenters. The van der Waals surface area contributed by atoms with E-state index in [4.69, 9.17) is 5.73 Å². The van der Waals surface area contributed by atoms with Gasteiger partial charge in [-0.05, 0) is 66.3 Å². The Bertz CT molecular complexity index is 1310. The van der Waals surface area contributed by atoms with Crippen LogP contribution in [-0.4, -0.2) is 17.4 Å². The second-order valence-electron chi connectivity index (χ2n) is 7.44. The zero-order chi connectivity index (χ0) is 20.0. The molecule has 4 aromatic rings. The van der Waals surface area contributed by atoms with Crippen LogP contribution in [0.4, 0.5) is 0 Å². The lowest BCUT2D eigenvalue weighted by Crippen LogP contribution is -2.17. The van der Waals surface area contributed by atoms with Gasteiger partial charge in [-0.2, -0.15) is 0 Å². The van der Waals surface area contributed by atoms with Gasteiger partial charge < -0.3 is 5.73 Å². The highest BCUT2D eigenvalue weighted by atomic mass is 32.2. The number of rotatable bonds is 3. The van der Waals surface area contributed by atoms with Crippen LogP contribution in [0.2, 0.25) is 0 Å². The maximum absolute atomic E-state index is 13.3. The Morgan fingerprint density at radius 3 is 2.69 bits per heavy atom. The molecule has 0 fully saturated rings. The minimum absolute atomic E-state index is 0.0261. The summed E-state index contributed by atoms with van der Waals surface area (Å²) in [6.45, 7) is 0. The lowest BCUT2D eigenvalue weighted by atomic mass is 9.86. The number of aromatic nitrogens is 2. The number of hydrogen-bond donors (Lipinski definition) is 1. The van der Waals surface area contributed by atoms with Crippen LogP contribution in [-0.2, 0) is 16.4 Å². The van der Waals surface area contributed by atoms with Gasteiger partial charge in [0.05, 0.1) is 4.90 Å². The minimum atomic E-state index is -3.75. The van der Waals surface area contributed by atoms with Crippen LogP contribution in [0.15, 0.2) is 78.0 Å². The van der Waals surface area contributed by atoms with Gasteiger partial charge in [0, 0.05) is 29.4 Å². The van der Waals surface area contributed by atoms with Crippen LogP contribution in [0.3, 0.4) is 0 Å². The molecule has 5 rings (SSSR count). The van der Waals surface area contributed by atoms with E-state index in [1.54, 1.807) is 42.7 Å². The monoisotopic (exact) mass is 403 g/mol. The number of fused-ring (bicyclic) bond motifs is 2. The average molecular weight is 404 g/mol. The van der Waals surface area contributed by atoms with Crippen molar-refractivity contribution in [3.63, 3.8) is 0 Å². The van der Waals surface area contributed by atoms with Crippen molar-refractivity contribution in [1.82, 2.24) is 8.96 Å². The summed E-state index contributed by atoms with van der Waals surface area (Å²) in [5.74, 6) is 0. The Morgan fingerprint density at radius 2 is 1.86 bits per heavy atom. The molecule has 0 bridgehead atoms. The minimum Gasteiger partial charge on any atom is -0.324 e. The smallest absolute Gasteiger partial charge is 0.269 e. The van der Waals surface area contributed by atoms with Crippen LogP contribution in [0.5, 0.6) is 0 Å². The molecule has 0 saturated heterocycles. The summed E-state index contributed by atoms with van der Waals surface area (Å²) in [4.78, 5) is 4.62. The van der Waals surface area contributed by atoms with Gasteiger partial charge in [-0.3, -0.25) is 0 Å². The van der Waals surface area contributed by atoms with E-state index in [1.807, 2.05) is 12.1 Å². The average Bonchev–Trinajstić information content (AvgIpc) is 3.15. The van der Waals surface area contributed by atoms with Crippen molar-refractivity contribution in [3.8, 4) is 11.1 Å². The molecular weight excluding hydrogens is 382 g/mol. The highest BCUT2D eigenvalue weighted by Crippen LogP contribution is 2.36. The Labute approximate surface area is 169 Å². The largest absolute Gasteiger partial charge is 0.324 e. The second kappa shape index (κ2) is 6.83. The molecule has 2 aromatic heterocycles. The molecule has 2 N–H and O–H groups in total.